The van der Waals surface area contributed by atoms with Crippen molar-refractivity contribution in [2.24, 2.45) is 0 Å². The van der Waals surface area contributed by atoms with Crippen molar-refractivity contribution in [3.63, 3.8) is 0 Å². The summed E-state index contributed by atoms with van der Waals surface area (Å²) in [5.41, 5.74) is 0. The number of carbonyl (C=O) groups excluding carboxylic acids is 1. The van der Waals surface area contributed by atoms with Crippen molar-refractivity contribution in [1.29, 1.82) is 0 Å². The standard InChI is InChI=1S/C23H28Cl2N2O3/c24-17-2-10-21(11-3-17)29-15-1-14-26-19-6-8-20(9-7-19)27-23(28)16-30-22-12-4-18(25)5-13-22/h2-5,10-13,19-20,26H,1,6-9,14-16H2,(H,27,28)/t19-,20+. The molecule has 5 nitrogen and oxygen atoms in total. The van der Waals surface area contributed by atoms with E-state index in [0.717, 1.165) is 44.4 Å². The lowest BCUT2D eigenvalue weighted by Gasteiger charge is -2.29. The van der Waals surface area contributed by atoms with Gasteiger partial charge in [-0.3, -0.25) is 4.79 Å². The van der Waals surface area contributed by atoms with Crippen LogP contribution >= 0.6 is 23.2 Å². The highest BCUT2D eigenvalue weighted by atomic mass is 35.5. The van der Waals surface area contributed by atoms with Crippen LogP contribution in [0.4, 0.5) is 0 Å². The van der Waals surface area contributed by atoms with Gasteiger partial charge in [0.2, 0.25) is 0 Å². The van der Waals surface area contributed by atoms with Gasteiger partial charge in [0.15, 0.2) is 6.61 Å². The monoisotopic (exact) mass is 450 g/mol. The van der Waals surface area contributed by atoms with Gasteiger partial charge in [0, 0.05) is 22.1 Å². The SMILES string of the molecule is O=C(COc1ccc(Cl)cc1)N[C@H]1CC[C@@H](NCCCOc2ccc(Cl)cc2)CC1. The smallest absolute Gasteiger partial charge is 0.258 e. The molecule has 3 rings (SSSR count). The molecule has 1 aliphatic carbocycles. The van der Waals surface area contributed by atoms with Crippen molar-refractivity contribution in [1.82, 2.24) is 10.6 Å². The van der Waals surface area contributed by atoms with Gasteiger partial charge in [-0.1, -0.05) is 23.2 Å². The van der Waals surface area contributed by atoms with Gasteiger partial charge in [0.25, 0.3) is 5.91 Å². The molecule has 2 aromatic carbocycles. The number of carbonyl (C=O) groups is 1. The Labute approximate surface area is 188 Å². The third kappa shape index (κ3) is 8.05. The molecule has 30 heavy (non-hydrogen) atoms. The highest BCUT2D eigenvalue weighted by Crippen LogP contribution is 2.19. The van der Waals surface area contributed by atoms with Crippen molar-refractivity contribution >= 4 is 29.1 Å². The summed E-state index contributed by atoms with van der Waals surface area (Å²) in [5, 5.41) is 8.02. The average Bonchev–Trinajstić information content (AvgIpc) is 2.75. The van der Waals surface area contributed by atoms with Gasteiger partial charge >= 0.3 is 0 Å². The third-order valence-corrected chi connectivity index (χ3v) is 5.62. The molecule has 1 aliphatic rings. The molecule has 0 saturated heterocycles. The maximum absolute atomic E-state index is 12.1. The zero-order chi connectivity index (χ0) is 21.2. The van der Waals surface area contributed by atoms with Gasteiger partial charge in [-0.15, -0.1) is 0 Å². The van der Waals surface area contributed by atoms with E-state index in [2.05, 4.69) is 10.6 Å². The fourth-order valence-corrected chi connectivity index (χ4v) is 3.74. The molecule has 0 bridgehead atoms. The largest absolute Gasteiger partial charge is 0.494 e. The summed E-state index contributed by atoms with van der Waals surface area (Å²) in [6.07, 6.45) is 5.01. The van der Waals surface area contributed by atoms with Crippen LogP contribution in [0, 0.1) is 0 Å². The van der Waals surface area contributed by atoms with Crippen molar-refractivity contribution in [3.05, 3.63) is 58.6 Å². The molecule has 0 aliphatic heterocycles. The van der Waals surface area contributed by atoms with Gasteiger partial charge in [0.1, 0.15) is 11.5 Å². The maximum Gasteiger partial charge on any atom is 0.258 e. The van der Waals surface area contributed by atoms with E-state index in [1.165, 1.54) is 0 Å². The Morgan fingerprint density at radius 2 is 1.37 bits per heavy atom. The molecular weight excluding hydrogens is 423 g/mol. The average molecular weight is 451 g/mol. The van der Waals surface area contributed by atoms with Crippen molar-refractivity contribution in [2.45, 2.75) is 44.2 Å². The Morgan fingerprint density at radius 3 is 1.97 bits per heavy atom. The molecule has 162 valence electrons. The lowest BCUT2D eigenvalue weighted by Crippen LogP contribution is -2.43. The Balaban J connectivity index is 1.23. The molecule has 7 heteroatoms. The van der Waals surface area contributed by atoms with E-state index in [1.54, 1.807) is 24.3 Å². The van der Waals surface area contributed by atoms with Gasteiger partial charge in [-0.05, 0) is 87.2 Å². The molecule has 1 amide bonds. The summed E-state index contributed by atoms with van der Waals surface area (Å²) >= 11 is 11.7. The van der Waals surface area contributed by atoms with E-state index in [1.807, 2.05) is 24.3 Å². The minimum absolute atomic E-state index is 0.0213. The first kappa shape index (κ1) is 22.7. The first-order chi connectivity index (χ1) is 14.6. The molecule has 0 spiro atoms. The van der Waals surface area contributed by atoms with Crippen LogP contribution in [0.15, 0.2) is 48.5 Å². The van der Waals surface area contributed by atoms with Crippen LogP contribution in [0.5, 0.6) is 11.5 Å². The van der Waals surface area contributed by atoms with E-state index >= 15 is 0 Å². The zero-order valence-corrected chi connectivity index (χ0v) is 18.4. The van der Waals surface area contributed by atoms with E-state index in [4.69, 9.17) is 32.7 Å². The number of ether oxygens (including phenoxy) is 2. The fourth-order valence-electron chi connectivity index (χ4n) is 3.49. The van der Waals surface area contributed by atoms with E-state index < -0.39 is 0 Å². The Hall–Kier alpha value is -1.95. The molecule has 1 fully saturated rings. The summed E-state index contributed by atoms with van der Waals surface area (Å²) in [5.74, 6) is 1.40. The molecular formula is C23H28Cl2N2O3. The number of halogens is 2. The summed E-state index contributed by atoms with van der Waals surface area (Å²) in [7, 11) is 0. The predicted octanol–water partition coefficient (Wildman–Crippen LogP) is 4.86. The van der Waals surface area contributed by atoms with Crippen LogP contribution < -0.4 is 20.1 Å². The maximum atomic E-state index is 12.1. The van der Waals surface area contributed by atoms with Crippen molar-refractivity contribution in [3.8, 4) is 11.5 Å². The van der Waals surface area contributed by atoms with Gasteiger partial charge in [0.05, 0.1) is 6.61 Å². The van der Waals surface area contributed by atoms with Gasteiger partial charge < -0.3 is 20.1 Å². The van der Waals surface area contributed by atoms with Crippen molar-refractivity contribution < 1.29 is 14.3 Å². The third-order valence-electron chi connectivity index (χ3n) is 5.11. The molecule has 2 N–H and O–H groups in total. The molecule has 0 unspecified atom stereocenters. The van der Waals surface area contributed by atoms with Crippen molar-refractivity contribution in [2.75, 3.05) is 19.8 Å². The number of nitrogens with one attached hydrogen (secondary N) is 2. The summed E-state index contributed by atoms with van der Waals surface area (Å²) in [6.45, 7) is 1.62. The molecule has 2 aromatic rings. The zero-order valence-electron chi connectivity index (χ0n) is 16.9. The Bertz CT molecular complexity index is 776. The molecule has 1 saturated carbocycles. The van der Waals surface area contributed by atoms with Gasteiger partial charge in [-0.2, -0.15) is 0 Å². The minimum atomic E-state index is -0.0827. The first-order valence-electron chi connectivity index (χ1n) is 10.4. The lowest BCUT2D eigenvalue weighted by atomic mass is 9.91. The summed E-state index contributed by atoms with van der Waals surface area (Å²) in [6, 6.07) is 15.1. The van der Waals surface area contributed by atoms with Crippen LogP contribution in [0.3, 0.4) is 0 Å². The van der Waals surface area contributed by atoms with Crippen LogP contribution in [0.25, 0.3) is 0 Å². The minimum Gasteiger partial charge on any atom is -0.494 e. The van der Waals surface area contributed by atoms with E-state index in [0.29, 0.717) is 28.4 Å². The number of hydrogen-bond acceptors (Lipinski definition) is 4. The molecule has 0 aromatic heterocycles. The quantitative estimate of drug-likeness (QED) is 0.507. The highest BCUT2D eigenvalue weighted by molar-refractivity contribution is 6.30. The topological polar surface area (TPSA) is 59.6 Å². The number of amides is 1. The Kier molecular flexibility index (Phi) is 9.12. The van der Waals surface area contributed by atoms with Gasteiger partial charge in [-0.25, -0.2) is 0 Å². The predicted molar refractivity (Wildman–Crippen MR) is 121 cm³/mol. The van der Waals surface area contributed by atoms with E-state index in [9.17, 15) is 4.79 Å². The molecule has 0 heterocycles. The summed E-state index contributed by atoms with van der Waals surface area (Å²) in [4.78, 5) is 12.1. The summed E-state index contributed by atoms with van der Waals surface area (Å²) < 4.78 is 11.2. The number of hydrogen-bond donors (Lipinski definition) is 2. The molecule has 0 atom stereocenters. The highest BCUT2D eigenvalue weighted by Gasteiger charge is 2.22. The fraction of sp³-hybridized carbons (Fsp3) is 0.435. The van der Waals surface area contributed by atoms with Crippen LogP contribution in [-0.2, 0) is 4.79 Å². The first-order valence-corrected chi connectivity index (χ1v) is 11.1. The van der Waals surface area contributed by atoms with Crippen LogP contribution in [-0.4, -0.2) is 37.7 Å². The lowest BCUT2D eigenvalue weighted by molar-refractivity contribution is -0.124. The normalized spacial score (nSPS) is 18.6. The second-order valence-electron chi connectivity index (χ2n) is 7.47. The second-order valence-corrected chi connectivity index (χ2v) is 8.34. The van der Waals surface area contributed by atoms with Crippen LogP contribution in [0.1, 0.15) is 32.1 Å². The van der Waals surface area contributed by atoms with Crippen LogP contribution in [0.2, 0.25) is 10.0 Å². The number of rotatable bonds is 10. The second kappa shape index (κ2) is 12.0. The molecule has 0 radical (unpaired) electrons. The Morgan fingerprint density at radius 1 is 0.833 bits per heavy atom. The van der Waals surface area contributed by atoms with E-state index in [-0.39, 0.29) is 18.6 Å². The number of benzene rings is 2.